The Balaban J connectivity index is 1.70. The molecule has 1 saturated heterocycles. The van der Waals surface area contributed by atoms with Gasteiger partial charge in [0, 0.05) is 29.8 Å². The number of methoxy groups -OCH3 is 1. The van der Waals surface area contributed by atoms with E-state index in [2.05, 4.69) is 31.3 Å². The molecule has 1 aliphatic heterocycles. The Morgan fingerprint density at radius 2 is 1.88 bits per heavy atom. The minimum absolute atomic E-state index is 0.0552. The minimum Gasteiger partial charge on any atom is -0.453 e. The summed E-state index contributed by atoms with van der Waals surface area (Å²) in [6.07, 6.45) is 1.95. The van der Waals surface area contributed by atoms with Crippen LogP contribution in [0.5, 0.6) is 0 Å². The van der Waals surface area contributed by atoms with Crippen molar-refractivity contribution in [2.75, 3.05) is 26.7 Å². The number of hydrogen-bond donors (Lipinski definition) is 1. The van der Waals surface area contributed by atoms with E-state index in [0.717, 1.165) is 18.4 Å². The lowest BCUT2D eigenvalue weighted by Crippen LogP contribution is -2.41. The third kappa shape index (κ3) is 6.61. The van der Waals surface area contributed by atoms with Gasteiger partial charge in [-0.2, -0.15) is 0 Å². The van der Waals surface area contributed by atoms with E-state index in [0.29, 0.717) is 37.2 Å². The number of rotatable bonds is 6. The quantitative estimate of drug-likeness (QED) is 0.787. The molecule has 0 saturated carbocycles. The van der Waals surface area contributed by atoms with Crippen LogP contribution in [0, 0.1) is 5.92 Å². The number of likely N-dealkylation sites (tertiary alicyclic amines) is 1. The zero-order chi connectivity index (χ0) is 18.2. The highest BCUT2D eigenvalue weighted by atomic mass is 32.2. The maximum absolute atomic E-state index is 12.1. The van der Waals surface area contributed by atoms with Crippen molar-refractivity contribution >= 4 is 23.8 Å². The smallest absolute Gasteiger partial charge is 0.409 e. The zero-order valence-electron chi connectivity index (χ0n) is 15.3. The van der Waals surface area contributed by atoms with Crippen molar-refractivity contribution < 1.29 is 14.3 Å². The number of carbonyl (C=O) groups is 2. The number of nitrogens with one attached hydrogen (secondary N) is 1. The fraction of sp³-hybridized carbons (Fsp3) is 0.579. The van der Waals surface area contributed by atoms with Gasteiger partial charge in [0.25, 0.3) is 0 Å². The number of amides is 2. The molecular formula is C19H28N2O3S. The van der Waals surface area contributed by atoms with Gasteiger partial charge in [-0.3, -0.25) is 4.79 Å². The molecule has 0 unspecified atom stereocenters. The molecule has 2 amide bonds. The number of carbonyl (C=O) groups excluding carboxylic acids is 2. The maximum Gasteiger partial charge on any atom is 0.409 e. The minimum atomic E-state index is -0.262. The Bertz CT molecular complexity index is 567. The van der Waals surface area contributed by atoms with Gasteiger partial charge in [-0.15, -0.1) is 11.8 Å². The van der Waals surface area contributed by atoms with Crippen LogP contribution in [0.25, 0.3) is 0 Å². The number of piperidine rings is 1. The van der Waals surface area contributed by atoms with Crippen molar-refractivity contribution in [1.82, 2.24) is 10.2 Å². The topological polar surface area (TPSA) is 58.6 Å². The van der Waals surface area contributed by atoms with E-state index >= 15 is 0 Å². The summed E-state index contributed by atoms with van der Waals surface area (Å²) in [7, 11) is 1.41. The Morgan fingerprint density at radius 3 is 2.44 bits per heavy atom. The lowest BCUT2D eigenvalue weighted by Gasteiger charge is -2.30. The summed E-state index contributed by atoms with van der Waals surface area (Å²) in [6, 6.07) is 8.21. The Labute approximate surface area is 154 Å². The Kier molecular flexibility index (Phi) is 7.62. The van der Waals surface area contributed by atoms with Crippen molar-refractivity contribution in [3.63, 3.8) is 0 Å². The van der Waals surface area contributed by atoms with Crippen molar-refractivity contribution in [1.29, 1.82) is 0 Å². The molecule has 1 heterocycles. The van der Waals surface area contributed by atoms with Crippen LogP contribution in [0.2, 0.25) is 0 Å². The van der Waals surface area contributed by atoms with Crippen molar-refractivity contribution in [2.45, 2.75) is 43.3 Å². The molecule has 1 aromatic carbocycles. The monoisotopic (exact) mass is 364 g/mol. The average molecular weight is 365 g/mol. The largest absolute Gasteiger partial charge is 0.453 e. The SMILES string of the molecule is COC(=O)N1CCC(CNC(=O)Cc2ccc(SC(C)C)cc2)CC1. The molecule has 0 bridgehead atoms. The van der Waals surface area contributed by atoms with Crippen LogP contribution >= 0.6 is 11.8 Å². The zero-order valence-corrected chi connectivity index (χ0v) is 16.1. The molecule has 1 aliphatic rings. The van der Waals surface area contributed by atoms with Crippen LogP contribution in [-0.2, 0) is 16.0 Å². The second-order valence-electron chi connectivity index (χ2n) is 6.69. The molecule has 1 N–H and O–H groups in total. The summed E-state index contributed by atoms with van der Waals surface area (Å²) in [6.45, 7) is 6.41. The van der Waals surface area contributed by atoms with Crippen LogP contribution in [0.1, 0.15) is 32.3 Å². The number of hydrogen-bond acceptors (Lipinski definition) is 4. The van der Waals surface area contributed by atoms with Gasteiger partial charge in [-0.1, -0.05) is 26.0 Å². The molecule has 138 valence electrons. The standard InChI is InChI=1S/C19H28N2O3S/c1-14(2)25-17-6-4-15(5-7-17)12-18(22)20-13-16-8-10-21(11-9-16)19(23)24-3/h4-7,14,16H,8-13H2,1-3H3,(H,20,22). The number of nitrogens with zero attached hydrogens (tertiary/aromatic N) is 1. The van der Waals surface area contributed by atoms with E-state index in [4.69, 9.17) is 4.74 Å². The first kappa shape index (κ1) is 19.6. The van der Waals surface area contributed by atoms with Crippen LogP contribution < -0.4 is 5.32 Å². The molecular weight excluding hydrogens is 336 g/mol. The first-order chi connectivity index (χ1) is 12.0. The highest BCUT2D eigenvalue weighted by Gasteiger charge is 2.23. The Morgan fingerprint density at radius 1 is 1.24 bits per heavy atom. The van der Waals surface area contributed by atoms with Gasteiger partial charge in [-0.05, 0) is 36.5 Å². The van der Waals surface area contributed by atoms with Gasteiger partial charge in [-0.25, -0.2) is 4.79 Å². The molecule has 0 spiro atoms. The summed E-state index contributed by atoms with van der Waals surface area (Å²) >= 11 is 1.82. The predicted molar refractivity (Wildman–Crippen MR) is 101 cm³/mol. The first-order valence-electron chi connectivity index (χ1n) is 8.83. The van der Waals surface area contributed by atoms with Gasteiger partial charge in [0.1, 0.15) is 0 Å². The predicted octanol–water partition coefficient (Wildman–Crippen LogP) is 3.32. The second-order valence-corrected chi connectivity index (χ2v) is 8.34. The van der Waals surface area contributed by atoms with Crippen LogP contribution in [-0.4, -0.2) is 48.9 Å². The molecule has 0 aromatic heterocycles. The average Bonchev–Trinajstić information content (AvgIpc) is 2.61. The molecule has 1 fully saturated rings. The lowest BCUT2D eigenvalue weighted by atomic mass is 9.97. The van der Waals surface area contributed by atoms with Gasteiger partial charge in [0.05, 0.1) is 13.5 Å². The molecule has 0 radical (unpaired) electrons. The molecule has 0 aliphatic carbocycles. The molecule has 2 rings (SSSR count). The van der Waals surface area contributed by atoms with Crippen molar-refractivity contribution in [3.05, 3.63) is 29.8 Å². The molecule has 25 heavy (non-hydrogen) atoms. The number of thioether (sulfide) groups is 1. The van der Waals surface area contributed by atoms with E-state index in [-0.39, 0.29) is 12.0 Å². The van der Waals surface area contributed by atoms with Crippen LogP contribution in [0.3, 0.4) is 0 Å². The van der Waals surface area contributed by atoms with Crippen molar-refractivity contribution in [2.24, 2.45) is 5.92 Å². The van der Waals surface area contributed by atoms with Gasteiger partial charge >= 0.3 is 6.09 Å². The van der Waals surface area contributed by atoms with E-state index in [1.807, 2.05) is 23.9 Å². The first-order valence-corrected chi connectivity index (χ1v) is 9.71. The highest BCUT2D eigenvalue weighted by Crippen LogP contribution is 2.23. The Hall–Kier alpha value is -1.69. The van der Waals surface area contributed by atoms with Crippen LogP contribution in [0.15, 0.2) is 29.2 Å². The summed E-state index contributed by atoms with van der Waals surface area (Å²) in [5, 5.41) is 3.58. The van der Waals surface area contributed by atoms with Crippen molar-refractivity contribution in [3.8, 4) is 0 Å². The van der Waals surface area contributed by atoms with Gasteiger partial charge in [0.15, 0.2) is 0 Å². The summed E-state index contributed by atoms with van der Waals surface area (Å²) in [5.74, 6) is 0.481. The normalized spacial score (nSPS) is 15.3. The van der Waals surface area contributed by atoms with E-state index in [1.165, 1.54) is 12.0 Å². The third-order valence-electron chi connectivity index (χ3n) is 4.30. The molecule has 6 heteroatoms. The molecule has 1 aromatic rings. The summed E-state index contributed by atoms with van der Waals surface area (Å²) < 4.78 is 4.73. The van der Waals surface area contributed by atoms with E-state index in [9.17, 15) is 9.59 Å². The molecule has 5 nitrogen and oxygen atoms in total. The fourth-order valence-corrected chi connectivity index (χ4v) is 3.75. The maximum atomic E-state index is 12.1. The lowest BCUT2D eigenvalue weighted by molar-refractivity contribution is -0.120. The van der Waals surface area contributed by atoms with Gasteiger partial charge < -0.3 is 15.0 Å². The number of benzene rings is 1. The third-order valence-corrected chi connectivity index (χ3v) is 5.31. The van der Waals surface area contributed by atoms with E-state index < -0.39 is 0 Å². The number of ether oxygens (including phenoxy) is 1. The molecule has 0 atom stereocenters. The summed E-state index contributed by atoms with van der Waals surface area (Å²) in [4.78, 5) is 26.5. The second kappa shape index (κ2) is 9.70. The summed E-state index contributed by atoms with van der Waals surface area (Å²) in [5.41, 5.74) is 1.03. The highest BCUT2D eigenvalue weighted by molar-refractivity contribution is 7.99. The fourth-order valence-electron chi connectivity index (χ4n) is 2.91. The van der Waals surface area contributed by atoms with Crippen LogP contribution in [0.4, 0.5) is 4.79 Å². The van der Waals surface area contributed by atoms with Gasteiger partial charge in [0.2, 0.25) is 5.91 Å². The van der Waals surface area contributed by atoms with E-state index in [1.54, 1.807) is 4.90 Å².